The van der Waals surface area contributed by atoms with Gasteiger partial charge in [-0.1, -0.05) is 0 Å². The van der Waals surface area contributed by atoms with E-state index < -0.39 is 0 Å². The molecule has 1 aliphatic heterocycles. The van der Waals surface area contributed by atoms with Crippen LogP contribution in [-0.2, 0) is 9.53 Å². The van der Waals surface area contributed by atoms with E-state index >= 15 is 0 Å². The van der Waals surface area contributed by atoms with Gasteiger partial charge in [0.05, 0.1) is 19.8 Å². The summed E-state index contributed by atoms with van der Waals surface area (Å²) >= 11 is 0. The highest BCUT2D eigenvalue weighted by atomic mass is 16.5. The van der Waals surface area contributed by atoms with Crippen molar-refractivity contribution in [1.82, 2.24) is 10.2 Å². The highest BCUT2D eigenvalue weighted by Gasteiger charge is 2.28. The Morgan fingerprint density at radius 3 is 2.52 bits per heavy atom. The number of nitrogens with one attached hydrogen (secondary N) is 1. The van der Waals surface area contributed by atoms with Gasteiger partial charge in [0.1, 0.15) is 17.6 Å². The number of ether oxygens (including phenoxy) is 3. The zero-order valence-corrected chi connectivity index (χ0v) is 17.6. The summed E-state index contributed by atoms with van der Waals surface area (Å²) < 4.78 is 16.3. The lowest BCUT2D eigenvalue weighted by molar-refractivity contribution is -0.141. The number of hydrogen-bond donors (Lipinski definition) is 1. The molecule has 0 radical (unpaired) electrons. The number of nitrogens with zero attached hydrogens (tertiary/aromatic N) is 1. The third kappa shape index (κ3) is 6.10. The van der Waals surface area contributed by atoms with Crippen LogP contribution in [0.5, 0.6) is 11.5 Å². The fourth-order valence-electron chi connectivity index (χ4n) is 3.63. The van der Waals surface area contributed by atoms with Crippen LogP contribution in [0, 0.1) is 0 Å². The highest BCUT2D eigenvalue weighted by molar-refractivity contribution is 5.97. The van der Waals surface area contributed by atoms with E-state index in [1.807, 2.05) is 0 Å². The molecule has 1 saturated carbocycles. The first kappa shape index (κ1) is 21.4. The van der Waals surface area contributed by atoms with Gasteiger partial charge in [-0.3, -0.25) is 9.59 Å². The van der Waals surface area contributed by atoms with Crippen LogP contribution in [-0.4, -0.2) is 62.3 Å². The van der Waals surface area contributed by atoms with Crippen molar-refractivity contribution in [3.63, 3.8) is 0 Å². The molecule has 0 bridgehead atoms. The number of carbonyl (C=O) groups excluding carboxylic acids is 2. The molecule has 3 rings (SSSR count). The number of piperidine rings is 1. The van der Waals surface area contributed by atoms with Gasteiger partial charge in [0.25, 0.3) is 5.91 Å². The molecule has 0 unspecified atom stereocenters. The monoisotopic (exact) mass is 404 g/mol. The largest absolute Gasteiger partial charge is 0.497 e. The van der Waals surface area contributed by atoms with Crippen molar-refractivity contribution in [2.75, 3.05) is 27.3 Å². The van der Waals surface area contributed by atoms with Crippen LogP contribution in [0.25, 0.3) is 0 Å². The van der Waals surface area contributed by atoms with E-state index in [-0.39, 0.29) is 18.0 Å². The van der Waals surface area contributed by atoms with Crippen molar-refractivity contribution < 1.29 is 23.8 Å². The number of likely N-dealkylation sites (tertiary alicyclic amines) is 1. The van der Waals surface area contributed by atoms with Crippen LogP contribution < -0.4 is 14.8 Å². The number of benzene rings is 1. The highest BCUT2D eigenvalue weighted by Crippen LogP contribution is 2.29. The van der Waals surface area contributed by atoms with Gasteiger partial charge in [-0.2, -0.15) is 0 Å². The summed E-state index contributed by atoms with van der Waals surface area (Å²) in [6.07, 6.45) is 5.14. The van der Waals surface area contributed by atoms with Gasteiger partial charge in [0, 0.05) is 37.7 Å². The second kappa shape index (κ2) is 9.96. The smallest absolute Gasteiger partial charge is 0.305 e. The zero-order valence-electron chi connectivity index (χ0n) is 17.6. The van der Waals surface area contributed by atoms with Crippen molar-refractivity contribution in [3.05, 3.63) is 23.8 Å². The van der Waals surface area contributed by atoms with E-state index in [9.17, 15) is 9.59 Å². The minimum atomic E-state index is -0.162. The number of hydrogen-bond acceptors (Lipinski definition) is 6. The Balaban J connectivity index is 1.56. The van der Waals surface area contributed by atoms with E-state index in [0.29, 0.717) is 35.6 Å². The van der Waals surface area contributed by atoms with Gasteiger partial charge in [0.15, 0.2) is 0 Å². The quantitative estimate of drug-likeness (QED) is 0.638. The number of rotatable bonds is 9. The van der Waals surface area contributed by atoms with Crippen molar-refractivity contribution in [2.24, 2.45) is 0 Å². The maximum atomic E-state index is 12.6. The number of amides is 1. The van der Waals surface area contributed by atoms with Gasteiger partial charge in [-0.15, -0.1) is 0 Å². The molecule has 1 saturated heterocycles. The Labute approximate surface area is 172 Å². The summed E-state index contributed by atoms with van der Waals surface area (Å²) in [6.45, 7) is 3.95. The molecule has 1 aromatic carbocycles. The van der Waals surface area contributed by atoms with Crippen LogP contribution in [0.4, 0.5) is 0 Å². The molecule has 29 heavy (non-hydrogen) atoms. The predicted molar refractivity (Wildman–Crippen MR) is 109 cm³/mol. The van der Waals surface area contributed by atoms with Crippen molar-refractivity contribution in [1.29, 1.82) is 0 Å². The molecule has 0 aromatic heterocycles. The Hall–Kier alpha value is -2.28. The minimum Gasteiger partial charge on any atom is -0.497 e. The lowest BCUT2D eigenvalue weighted by Crippen LogP contribution is -2.43. The van der Waals surface area contributed by atoms with Gasteiger partial charge in [-0.25, -0.2) is 0 Å². The van der Waals surface area contributed by atoms with E-state index in [1.54, 1.807) is 25.3 Å². The summed E-state index contributed by atoms with van der Waals surface area (Å²) in [7, 11) is 3.03. The van der Waals surface area contributed by atoms with Gasteiger partial charge < -0.3 is 24.4 Å². The van der Waals surface area contributed by atoms with Gasteiger partial charge in [-0.05, 0) is 51.2 Å². The SMILES string of the molecule is COC(=O)CC[C@@H](C)N1CCC(Oc2cc(OC)ccc2C(=O)NC2CC2)CC1. The van der Waals surface area contributed by atoms with Crippen LogP contribution in [0.3, 0.4) is 0 Å². The second-order valence-corrected chi connectivity index (χ2v) is 7.93. The summed E-state index contributed by atoms with van der Waals surface area (Å²) in [5.41, 5.74) is 0.562. The summed E-state index contributed by atoms with van der Waals surface area (Å²) in [4.78, 5) is 26.3. The maximum Gasteiger partial charge on any atom is 0.305 e. The summed E-state index contributed by atoms with van der Waals surface area (Å²) in [5, 5.41) is 3.03. The van der Waals surface area contributed by atoms with Gasteiger partial charge >= 0.3 is 5.97 Å². The molecular weight excluding hydrogens is 372 g/mol. The summed E-state index contributed by atoms with van der Waals surface area (Å²) in [6, 6.07) is 5.99. The Morgan fingerprint density at radius 1 is 1.17 bits per heavy atom. The predicted octanol–water partition coefficient (Wildman–Crippen LogP) is 2.77. The molecular formula is C22H32N2O5. The van der Waals surface area contributed by atoms with Gasteiger partial charge in [0.2, 0.25) is 0 Å². The fraction of sp³-hybridized carbons (Fsp3) is 0.636. The Morgan fingerprint density at radius 2 is 1.90 bits per heavy atom. The molecule has 1 N–H and O–H groups in total. The van der Waals surface area contributed by atoms with E-state index in [4.69, 9.17) is 14.2 Å². The second-order valence-electron chi connectivity index (χ2n) is 7.93. The number of methoxy groups -OCH3 is 2. The molecule has 2 fully saturated rings. The average molecular weight is 405 g/mol. The lowest BCUT2D eigenvalue weighted by Gasteiger charge is -2.36. The molecule has 0 spiro atoms. The van der Waals surface area contributed by atoms with Crippen LogP contribution >= 0.6 is 0 Å². The minimum absolute atomic E-state index is 0.0543. The Kier molecular flexibility index (Phi) is 7.36. The molecule has 7 nitrogen and oxygen atoms in total. The molecule has 1 aromatic rings. The molecule has 1 heterocycles. The standard InChI is InChI=1S/C22H32N2O5/c1-15(4-9-21(25)28-3)24-12-10-17(11-13-24)29-20-14-18(27-2)7-8-19(20)22(26)23-16-5-6-16/h7-8,14-17H,4-6,9-13H2,1-3H3,(H,23,26)/t15-/m1/s1. The molecule has 1 atom stereocenters. The summed E-state index contributed by atoms with van der Waals surface area (Å²) in [5.74, 6) is 1.01. The average Bonchev–Trinajstić information content (AvgIpc) is 3.56. The number of carbonyl (C=O) groups is 2. The van der Waals surface area contributed by atoms with E-state index in [2.05, 4.69) is 17.1 Å². The third-order valence-electron chi connectivity index (χ3n) is 5.73. The van der Waals surface area contributed by atoms with Crippen LogP contribution in [0.1, 0.15) is 55.8 Å². The van der Waals surface area contributed by atoms with Crippen molar-refractivity contribution in [2.45, 2.75) is 63.6 Å². The first-order valence-corrected chi connectivity index (χ1v) is 10.5. The van der Waals surface area contributed by atoms with Crippen molar-refractivity contribution >= 4 is 11.9 Å². The zero-order chi connectivity index (χ0) is 20.8. The maximum absolute atomic E-state index is 12.6. The van der Waals surface area contributed by atoms with E-state index in [0.717, 1.165) is 45.2 Å². The van der Waals surface area contributed by atoms with E-state index in [1.165, 1.54) is 7.11 Å². The molecule has 1 aliphatic carbocycles. The molecule has 1 amide bonds. The third-order valence-corrected chi connectivity index (χ3v) is 5.73. The lowest BCUT2D eigenvalue weighted by atomic mass is 10.0. The fourth-order valence-corrected chi connectivity index (χ4v) is 3.63. The molecule has 7 heteroatoms. The molecule has 2 aliphatic rings. The Bertz CT molecular complexity index is 711. The first-order chi connectivity index (χ1) is 14.0. The molecule has 160 valence electrons. The normalized spacial score (nSPS) is 18.7. The van der Waals surface area contributed by atoms with Crippen LogP contribution in [0.2, 0.25) is 0 Å². The number of esters is 1. The van der Waals surface area contributed by atoms with Crippen molar-refractivity contribution in [3.8, 4) is 11.5 Å². The van der Waals surface area contributed by atoms with Crippen LogP contribution in [0.15, 0.2) is 18.2 Å². The topological polar surface area (TPSA) is 77.1 Å². The first-order valence-electron chi connectivity index (χ1n) is 10.5.